The van der Waals surface area contributed by atoms with Gasteiger partial charge in [-0.05, 0) is 26.0 Å². The molecule has 0 unspecified atom stereocenters. The Morgan fingerprint density at radius 1 is 1.26 bits per heavy atom. The van der Waals surface area contributed by atoms with Crippen molar-refractivity contribution in [3.05, 3.63) is 52.8 Å². The lowest BCUT2D eigenvalue weighted by Gasteiger charge is -2.04. The molecule has 0 saturated carbocycles. The monoisotopic (exact) mass is 275 g/mol. The molecule has 5 heteroatoms. The molecule has 3 rings (SSSR count). The molecule has 96 valence electrons. The van der Waals surface area contributed by atoms with Crippen molar-refractivity contribution in [3.8, 4) is 11.3 Å². The number of hydrogen-bond acceptors (Lipinski definition) is 2. The highest BCUT2D eigenvalue weighted by Gasteiger charge is 2.17. The Morgan fingerprint density at radius 2 is 2.05 bits per heavy atom. The SMILES string of the molecule is Cc1cn2c(C)c(-c3c(F)cccc3Cl)nc2cn1. The van der Waals surface area contributed by atoms with Crippen LogP contribution in [-0.2, 0) is 0 Å². The summed E-state index contributed by atoms with van der Waals surface area (Å²) >= 11 is 6.09. The van der Waals surface area contributed by atoms with Gasteiger partial charge in [-0.3, -0.25) is 4.98 Å². The van der Waals surface area contributed by atoms with Crippen molar-refractivity contribution < 1.29 is 4.39 Å². The van der Waals surface area contributed by atoms with E-state index in [0.717, 1.165) is 11.4 Å². The number of nitrogens with zero attached hydrogens (tertiary/aromatic N) is 3. The van der Waals surface area contributed by atoms with Gasteiger partial charge in [-0.15, -0.1) is 0 Å². The largest absolute Gasteiger partial charge is 0.301 e. The summed E-state index contributed by atoms with van der Waals surface area (Å²) in [4.78, 5) is 8.61. The third kappa shape index (κ3) is 1.88. The highest BCUT2D eigenvalue weighted by molar-refractivity contribution is 6.33. The van der Waals surface area contributed by atoms with E-state index in [0.29, 0.717) is 21.9 Å². The fourth-order valence-corrected chi connectivity index (χ4v) is 2.38. The maximum Gasteiger partial charge on any atom is 0.156 e. The number of aromatic nitrogens is 3. The van der Waals surface area contributed by atoms with Crippen molar-refractivity contribution >= 4 is 17.2 Å². The van der Waals surface area contributed by atoms with Gasteiger partial charge in [0.05, 0.1) is 28.2 Å². The van der Waals surface area contributed by atoms with Crippen LogP contribution in [0.1, 0.15) is 11.4 Å². The summed E-state index contributed by atoms with van der Waals surface area (Å²) in [7, 11) is 0. The highest BCUT2D eigenvalue weighted by atomic mass is 35.5. The minimum Gasteiger partial charge on any atom is -0.301 e. The van der Waals surface area contributed by atoms with Crippen LogP contribution in [0.15, 0.2) is 30.6 Å². The number of fused-ring (bicyclic) bond motifs is 1. The highest BCUT2D eigenvalue weighted by Crippen LogP contribution is 2.32. The van der Waals surface area contributed by atoms with Crippen molar-refractivity contribution in [1.82, 2.24) is 14.4 Å². The van der Waals surface area contributed by atoms with Crippen LogP contribution in [0.4, 0.5) is 4.39 Å². The number of aryl methyl sites for hydroxylation is 2. The Kier molecular flexibility index (Phi) is 2.75. The third-order valence-electron chi connectivity index (χ3n) is 3.08. The maximum absolute atomic E-state index is 14.0. The quantitative estimate of drug-likeness (QED) is 0.676. The van der Waals surface area contributed by atoms with E-state index in [2.05, 4.69) is 9.97 Å². The minimum atomic E-state index is -0.372. The van der Waals surface area contributed by atoms with E-state index in [1.165, 1.54) is 6.07 Å². The Hall–Kier alpha value is -1.94. The van der Waals surface area contributed by atoms with Crippen LogP contribution in [0.2, 0.25) is 5.02 Å². The van der Waals surface area contributed by atoms with Gasteiger partial charge in [0, 0.05) is 11.9 Å². The van der Waals surface area contributed by atoms with Crippen LogP contribution in [0.25, 0.3) is 16.9 Å². The third-order valence-corrected chi connectivity index (χ3v) is 3.39. The van der Waals surface area contributed by atoms with Gasteiger partial charge >= 0.3 is 0 Å². The molecule has 0 bridgehead atoms. The summed E-state index contributed by atoms with van der Waals surface area (Å²) in [6.45, 7) is 3.78. The fraction of sp³-hybridized carbons (Fsp3) is 0.143. The van der Waals surface area contributed by atoms with E-state index in [9.17, 15) is 4.39 Å². The van der Waals surface area contributed by atoms with Crippen LogP contribution in [0.5, 0.6) is 0 Å². The van der Waals surface area contributed by atoms with Crippen LogP contribution in [-0.4, -0.2) is 14.4 Å². The topological polar surface area (TPSA) is 30.2 Å². The Morgan fingerprint density at radius 3 is 2.79 bits per heavy atom. The lowest BCUT2D eigenvalue weighted by atomic mass is 10.1. The molecule has 1 aromatic carbocycles. The normalized spacial score (nSPS) is 11.2. The van der Waals surface area contributed by atoms with Gasteiger partial charge in [0.2, 0.25) is 0 Å². The molecule has 2 aromatic heterocycles. The Labute approximate surface area is 114 Å². The second kappa shape index (κ2) is 4.31. The van der Waals surface area contributed by atoms with E-state index in [-0.39, 0.29) is 5.82 Å². The first-order valence-electron chi connectivity index (χ1n) is 5.83. The first kappa shape index (κ1) is 12.1. The predicted molar refractivity (Wildman–Crippen MR) is 72.9 cm³/mol. The molecule has 0 radical (unpaired) electrons. The average molecular weight is 276 g/mol. The van der Waals surface area contributed by atoms with Gasteiger partial charge in [0.25, 0.3) is 0 Å². The zero-order valence-corrected chi connectivity index (χ0v) is 11.2. The fourth-order valence-electron chi connectivity index (χ4n) is 2.13. The minimum absolute atomic E-state index is 0.336. The summed E-state index contributed by atoms with van der Waals surface area (Å²) in [5.41, 5.74) is 3.28. The van der Waals surface area contributed by atoms with Crippen molar-refractivity contribution in [3.63, 3.8) is 0 Å². The lowest BCUT2D eigenvalue weighted by molar-refractivity contribution is 0.631. The summed E-state index contributed by atoms with van der Waals surface area (Å²) in [5.74, 6) is -0.372. The first-order valence-corrected chi connectivity index (χ1v) is 6.21. The molecule has 0 spiro atoms. The maximum atomic E-state index is 14.0. The molecule has 2 heterocycles. The van der Waals surface area contributed by atoms with Crippen LogP contribution in [0.3, 0.4) is 0 Å². The molecular weight excluding hydrogens is 265 g/mol. The molecule has 0 saturated heterocycles. The van der Waals surface area contributed by atoms with E-state index >= 15 is 0 Å². The molecule has 0 fully saturated rings. The van der Waals surface area contributed by atoms with Gasteiger partial charge < -0.3 is 4.40 Å². The molecule has 0 aliphatic rings. The summed E-state index contributed by atoms with van der Waals surface area (Å²) < 4.78 is 15.9. The second-order valence-corrected chi connectivity index (χ2v) is 4.81. The molecule has 0 aliphatic heterocycles. The van der Waals surface area contributed by atoms with E-state index in [1.807, 2.05) is 24.4 Å². The zero-order chi connectivity index (χ0) is 13.6. The summed E-state index contributed by atoms with van der Waals surface area (Å²) in [6.07, 6.45) is 3.54. The lowest BCUT2D eigenvalue weighted by Crippen LogP contribution is -1.92. The second-order valence-electron chi connectivity index (χ2n) is 4.40. The van der Waals surface area contributed by atoms with E-state index in [4.69, 9.17) is 11.6 Å². The first-order chi connectivity index (χ1) is 9.08. The van der Waals surface area contributed by atoms with Gasteiger partial charge in [-0.1, -0.05) is 17.7 Å². The van der Waals surface area contributed by atoms with Gasteiger partial charge in [-0.25, -0.2) is 9.37 Å². The zero-order valence-electron chi connectivity index (χ0n) is 10.5. The van der Waals surface area contributed by atoms with Crippen molar-refractivity contribution in [2.75, 3.05) is 0 Å². The molecule has 0 amide bonds. The van der Waals surface area contributed by atoms with Crippen molar-refractivity contribution in [2.45, 2.75) is 13.8 Å². The van der Waals surface area contributed by atoms with Crippen LogP contribution >= 0.6 is 11.6 Å². The number of benzene rings is 1. The number of rotatable bonds is 1. The van der Waals surface area contributed by atoms with Gasteiger partial charge in [0.15, 0.2) is 5.65 Å². The van der Waals surface area contributed by atoms with Gasteiger partial charge in [-0.2, -0.15) is 0 Å². The van der Waals surface area contributed by atoms with Crippen molar-refractivity contribution in [2.24, 2.45) is 0 Å². The Bertz CT molecular complexity index is 759. The van der Waals surface area contributed by atoms with Crippen LogP contribution < -0.4 is 0 Å². The number of hydrogen-bond donors (Lipinski definition) is 0. The molecule has 3 nitrogen and oxygen atoms in total. The van der Waals surface area contributed by atoms with E-state index < -0.39 is 0 Å². The van der Waals surface area contributed by atoms with Crippen LogP contribution in [0, 0.1) is 19.7 Å². The predicted octanol–water partition coefficient (Wildman–Crippen LogP) is 3.81. The summed E-state index contributed by atoms with van der Waals surface area (Å²) in [5, 5.41) is 0.358. The number of halogens is 2. The van der Waals surface area contributed by atoms with Crippen molar-refractivity contribution in [1.29, 1.82) is 0 Å². The Balaban J connectivity index is 2.35. The standard InChI is InChI=1S/C14H11ClFN3/c1-8-7-19-9(2)14(18-12(19)6-17-8)13-10(15)4-3-5-11(13)16/h3-7H,1-2H3. The average Bonchev–Trinajstić information content (AvgIpc) is 2.67. The molecule has 3 aromatic rings. The molecule has 0 atom stereocenters. The molecule has 0 N–H and O–H groups in total. The molecule has 0 aliphatic carbocycles. The number of imidazole rings is 1. The van der Waals surface area contributed by atoms with Gasteiger partial charge in [0.1, 0.15) is 5.82 Å². The van der Waals surface area contributed by atoms with E-state index in [1.54, 1.807) is 18.3 Å². The molecular formula is C14H11ClFN3. The molecule has 19 heavy (non-hydrogen) atoms. The smallest absolute Gasteiger partial charge is 0.156 e. The summed E-state index contributed by atoms with van der Waals surface area (Å²) in [6, 6.07) is 4.62.